The summed E-state index contributed by atoms with van der Waals surface area (Å²) < 4.78 is 79.1. The maximum atomic E-state index is 15.1. The molecular formula is C52H94N3O20S+. The molecule has 0 aliphatic heterocycles. The van der Waals surface area contributed by atoms with Gasteiger partial charge in [-0.15, -0.1) is 0 Å². The number of esters is 5. The minimum Gasteiger partial charge on any atom is -0.481 e. The van der Waals surface area contributed by atoms with Gasteiger partial charge in [-0.2, -0.15) is 8.42 Å². The number of aliphatic carboxylic acids is 1. The molecule has 5 atom stereocenters. The van der Waals surface area contributed by atoms with Crippen LogP contribution in [0.3, 0.4) is 0 Å². The molecule has 0 aromatic carbocycles. The summed E-state index contributed by atoms with van der Waals surface area (Å²) in [6.07, 6.45) is 4.46. The molecule has 2 amide bonds. The number of amides is 2. The summed E-state index contributed by atoms with van der Waals surface area (Å²) in [4.78, 5) is 106. The lowest BCUT2D eigenvalue weighted by atomic mass is 9.79. The third kappa shape index (κ3) is 33.6. The second kappa shape index (κ2) is 38.1. The zero-order chi connectivity index (χ0) is 58.0. The molecule has 442 valence electrons. The highest BCUT2D eigenvalue weighted by Crippen LogP contribution is 2.32. The van der Waals surface area contributed by atoms with Crippen molar-refractivity contribution in [1.82, 2.24) is 5.32 Å². The molecule has 0 aromatic rings. The van der Waals surface area contributed by atoms with Gasteiger partial charge < -0.3 is 58.5 Å². The van der Waals surface area contributed by atoms with Gasteiger partial charge in [-0.3, -0.25) is 42.9 Å². The third-order valence-corrected chi connectivity index (χ3v) is 13.5. The predicted molar refractivity (Wildman–Crippen MR) is 279 cm³/mol. The van der Waals surface area contributed by atoms with Crippen LogP contribution in [0.5, 0.6) is 0 Å². The molecular weight excluding hydrogens is 1020 g/mol. The largest absolute Gasteiger partial charge is 0.481 e. The molecule has 0 bridgehead atoms. The number of hydrogen-bond donors (Lipinski definition) is 4. The van der Waals surface area contributed by atoms with Crippen LogP contribution in [-0.2, 0) is 86.4 Å². The van der Waals surface area contributed by atoms with Crippen molar-refractivity contribution in [3.8, 4) is 0 Å². The fraction of sp³-hybridized carbons (Fsp3) is 0.846. The highest BCUT2D eigenvalue weighted by molar-refractivity contribution is 7.85. The molecule has 0 aliphatic carbocycles. The number of primary amides is 1. The first-order chi connectivity index (χ1) is 35.6. The maximum Gasteiger partial charge on any atom is 0.309 e. The molecule has 24 heteroatoms. The van der Waals surface area contributed by atoms with Crippen LogP contribution in [0, 0.1) is 29.6 Å². The number of nitrogens with one attached hydrogen (secondary N) is 1. The van der Waals surface area contributed by atoms with Crippen molar-refractivity contribution >= 4 is 57.7 Å². The molecule has 0 aliphatic rings. The van der Waals surface area contributed by atoms with E-state index in [1.165, 1.54) is 33.6 Å². The van der Waals surface area contributed by atoms with Gasteiger partial charge in [0.15, 0.2) is 5.60 Å². The minimum atomic E-state index is -4.66. The van der Waals surface area contributed by atoms with Gasteiger partial charge in [-0.1, -0.05) is 46.5 Å². The zero-order valence-electron chi connectivity index (χ0n) is 47.2. The Morgan fingerprint density at radius 1 is 0.605 bits per heavy atom. The molecule has 0 radical (unpaired) electrons. The summed E-state index contributed by atoms with van der Waals surface area (Å²) in [5.74, 6) is -14.0. The Morgan fingerprint density at radius 2 is 1.07 bits per heavy atom. The molecule has 76 heavy (non-hydrogen) atoms. The first-order valence-corrected chi connectivity index (χ1v) is 28.4. The fourth-order valence-electron chi connectivity index (χ4n) is 8.28. The van der Waals surface area contributed by atoms with Crippen molar-refractivity contribution < 1.29 is 98.8 Å². The molecule has 5 unspecified atom stereocenters. The second-order valence-corrected chi connectivity index (χ2v) is 22.1. The summed E-state index contributed by atoms with van der Waals surface area (Å²) in [7, 11) is -0.598. The van der Waals surface area contributed by atoms with Crippen LogP contribution >= 0.6 is 0 Å². The second-order valence-electron chi connectivity index (χ2n) is 20.6. The molecule has 0 fully saturated rings. The van der Waals surface area contributed by atoms with Gasteiger partial charge in [0.2, 0.25) is 11.8 Å². The molecule has 0 rings (SSSR count). The average Bonchev–Trinajstić information content (AvgIpc) is 3.31. The monoisotopic (exact) mass is 1110 g/mol. The summed E-state index contributed by atoms with van der Waals surface area (Å²) in [5.41, 5.74) is 2.06. The van der Waals surface area contributed by atoms with Gasteiger partial charge in [0.05, 0.1) is 128 Å². The van der Waals surface area contributed by atoms with Crippen molar-refractivity contribution in [2.24, 2.45) is 35.3 Å². The Bertz CT molecular complexity index is 1810. The Kier molecular flexibility index (Phi) is 35.9. The Balaban J connectivity index is 7.55. The number of carbonyl (C=O) groups is 8. The van der Waals surface area contributed by atoms with Crippen LogP contribution < -0.4 is 11.1 Å². The number of nitrogens with zero attached hydrogens (tertiary/aromatic N) is 1. The van der Waals surface area contributed by atoms with E-state index < -0.39 is 137 Å². The summed E-state index contributed by atoms with van der Waals surface area (Å²) >= 11 is 0. The van der Waals surface area contributed by atoms with E-state index in [1.54, 1.807) is 27.7 Å². The van der Waals surface area contributed by atoms with E-state index >= 15 is 4.79 Å². The lowest BCUT2D eigenvalue weighted by Crippen LogP contribution is -2.52. The summed E-state index contributed by atoms with van der Waals surface area (Å²) in [6, 6.07) is 0. The van der Waals surface area contributed by atoms with Gasteiger partial charge in [0.25, 0.3) is 10.1 Å². The van der Waals surface area contributed by atoms with E-state index in [9.17, 15) is 51.6 Å². The van der Waals surface area contributed by atoms with E-state index in [1.807, 2.05) is 14.1 Å². The first-order valence-electron chi connectivity index (χ1n) is 26.8. The first kappa shape index (κ1) is 71.5. The minimum absolute atomic E-state index is 0.0472. The Labute approximate surface area is 451 Å². The van der Waals surface area contributed by atoms with E-state index in [-0.39, 0.29) is 84.8 Å². The Hall–Kier alpha value is -4.49. The molecule has 0 saturated carbocycles. The lowest BCUT2D eigenvalue weighted by Gasteiger charge is -2.35. The highest BCUT2D eigenvalue weighted by atomic mass is 32.2. The summed E-state index contributed by atoms with van der Waals surface area (Å²) in [6.45, 7) is 12.1. The van der Waals surface area contributed by atoms with Crippen LogP contribution in [0.4, 0.5) is 0 Å². The maximum absolute atomic E-state index is 15.1. The third-order valence-electron chi connectivity index (χ3n) is 12.4. The van der Waals surface area contributed by atoms with Crippen molar-refractivity contribution in [2.45, 2.75) is 156 Å². The van der Waals surface area contributed by atoms with E-state index in [0.717, 1.165) is 32.2 Å². The molecule has 0 heterocycles. The van der Waals surface area contributed by atoms with Crippen LogP contribution in [0.15, 0.2) is 0 Å². The van der Waals surface area contributed by atoms with E-state index in [4.69, 9.17) is 43.6 Å². The number of likely N-dealkylation sites (N-methyl/N-ethyl adjacent to an activating group) is 1. The van der Waals surface area contributed by atoms with Gasteiger partial charge >= 0.3 is 35.8 Å². The highest BCUT2D eigenvalue weighted by Gasteiger charge is 2.43. The smallest absolute Gasteiger partial charge is 0.309 e. The molecule has 0 saturated heterocycles. The number of carbonyl (C=O) groups excluding carboxylic acids is 7. The number of hydrogen-bond acceptors (Lipinski definition) is 18. The number of unbranched alkanes of at least 4 members (excludes halogenated alkanes) is 5. The van der Waals surface area contributed by atoms with Crippen LogP contribution in [0.2, 0.25) is 0 Å². The van der Waals surface area contributed by atoms with Gasteiger partial charge in [0, 0.05) is 11.8 Å². The van der Waals surface area contributed by atoms with Gasteiger partial charge in [-0.25, -0.2) is 0 Å². The number of rotatable bonds is 46. The number of carboxylic acids is 1. The van der Waals surface area contributed by atoms with Gasteiger partial charge in [-0.05, 0) is 79.6 Å². The number of nitrogens with two attached hydrogens (primary N) is 1. The van der Waals surface area contributed by atoms with Crippen molar-refractivity contribution in [2.75, 3.05) is 99.0 Å². The van der Waals surface area contributed by atoms with Crippen LogP contribution in [0.1, 0.15) is 145 Å². The Morgan fingerprint density at radius 3 is 1.50 bits per heavy atom. The number of ether oxygens (including phenoxy) is 8. The normalized spacial score (nSPS) is 14.1. The van der Waals surface area contributed by atoms with Gasteiger partial charge in [0.1, 0.15) is 13.2 Å². The van der Waals surface area contributed by atoms with E-state index in [0.29, 0.717) is 11.0 Å². The SMILES string of the molecule is CCCCCCCC[N+](C)(C)CCOC(=O)C(C)CC(CC(CC(CC(CC)C(N)=O)C(=O)O)C(=O)OC(COCCC(=O)OCC)(COCCC(=O)OCC)COCCC(=O)OCC)C(=O)NC(C)(C)CS(=O)(=O)O. The quantitative estimate of drug-likeness (QED) is 0.0213. The molecule has 5 N–H and O–H groups in total. The van der Waals surface area contributed by atoms with Crippen LogP contribution in [-0.4, -0.2) is 180 Å². The molecule has 23 nitrogen and oxygen atoms in total. The van der Waals surface area contributed by atoms with Crippen LogP contribution in [0.25, 0.3) is 0 Å². The molecule has 0 spiro atoms. The zero-order valence-corrected chi connectivity index (χ0v) is 48.0. The molecule has 0 aromatic heterocycles. The number of carboxylic acid groups (broad SMARTS) is 1. The summed E-state index contributed by atoms with van der Waals surface area (Å²) in [5, 5.41) is 13.2. The number of quaternary nitrogens is 1. The van der Waals surface area contributed by atoms with Crippen molar-refractivity contribution in [3.63, 3.8) is 0 Å². The predicted octanol–water partition coefficient (Wildman–Crippen LogP) is 4.58. The van der Waals surface area contributed by atoms with Crippen molar-refractivity contribution in [3.05, 3.63) is 0 Å². The van der Waals surface area contributed by atoms with Crippen molar-refractivity contribution in [1.29, 1.82) is 0 Å². The topological polar surface area (TPSA) is 323 Å². The lowest BCUT2D eigenvalue weighted by molar-refractivity contribution is -0.890. The average molecular weight is 1110 g/mol. The standard InChI is InChI=1S/C52H93N3O20S/c1-11-16-17-18-19-20-24-55(9,10)25-29-74-49(63)38(6)30-40(47(60)54-51(7,8)37-76(65,66)67)32-42(33-41(48(61)62)31-39(12-2)46(53)59)50(64)75-52(34-68-26-21-43(56)71-13-3,35-69-27-22-44(57)72-14-4)36-70-28-23-45(58)73-15-5/h38-42H,11-37H2,1-10H3,(H4-,53,54,59,60,61,62,65,66,67)/p+1. The van der Waals surface area contributed by atoms with E-state index in [2.05, 4.69) is 12.2 Å². The fourth-order valence-corrected chi connectivity index (χ4v) is 9.26.